The number of aromatic nitrogens is 3. The number of halogens is 1. The Bertz CT molecular complexity index is 1100. The van der Waals surface area contributed by atoms with Gasteiger partial charge in [-0.1, -0.05) is 23.9 Å². The van der Waals surface area contributed by atoms with Crippen LogP contribution < -0.4 is 5.32 Å². The summed E-state index contributed by atoms with van der Waals surface area (Å²) in [6.45, 7) is 0. The topological polar surface area (TPSA) is 120 Å². The van der Waals surface area contributed by atoms with Crippen LogP contribution in [0.5, 0.6) is 0 Å². The lowest BCUT2D eigenvalue weighted by molar-refractivity contribution is -0.384. The van der Waals surface area contributed by atoms with Crippen molar-refractivity contribution in [1.29, 1.82) is 0 Å². The molecule has 1 N–H and O–H groups in total. The average Bonchev–Trinajstić information content (AvgIpc) is 3.07. The van der Waals surface area contributed by atoms with Gasteiger partial charge in [-0.2, -0.15) is 0 Å². The number of nitrogens with one attached hydrogen (secondary N) is 1. The number of nitro groups is 1. The molecule has 0 aliphatic heterocycles. The summed E-state index contributed by atoms with van der Waals surface area (Å²) in [7, 11) is 1.67. The van der Waals surface area contributed by atoms with Gasteiger partial charge in [0.25, 0.3) is 5.69 Å². The predicted molar refractivity (Wildman–Crippen MR) is 108 cm³/mol. The summed E-state index contributed by atoms with van der Waals surface area (Å²) in [6, 6.07) is 10.9. The largest absolute Gasteiger partial charge is 0.326 e. The van der Waals surface area contributed by atoms with Crippen LogP contribution in [0, 0.1) is 15.9 Å². The molecule has 0 spiro atoms. The summed E-state index contributed by atoms with van der Waals surface area (Å²) < 4.78 is 14.5. The first-order valence-electron chi connectivity index (χ1n) is 8.67. The number of benzene rings is 2. The van der Waals surface area contributed by atoms with Crippen molar-refractivity contribution in [2.45, 2.75) is 11.6 Å². The van der Waals surface area contributed by atoms with Crippen molar-refractivity contribution < 1.29 is 18.9 Å². The number of non-ortho nitro benzene ring substituents is 1. The smallest absolute Gasteiger partial charge is 0.270 e. The second-order valence-corrected chi connectivity index (χ2v) is 7.15. The van der Waals surface area contributed by atoms with Gasteiger partial charge in [-0.15, -0.1) is 10.2 Å². The number of nitrogens with zero attached hydrogens (tertiary/aromatic N) is 4. The number of hydrogen-bond acceptors (Lipinski definition) is 7. The van der Waals surface area contributed by atoms with Gasteiger partial charge in [-0.25, -0.2) is 4.39 Å². The summed E-state index contributed by atoms with van der Waals surface area (Å²) >= 11 is 1.11. The Kier molecular flexibility index (Phi) is 6.52. The molecule has 0 bridgehead atoms. The van der Waals surface area contributed by atoms with Gasteiger partial charge in [-0.3, -0.25) is 19.7 Å². The fourth-order valence-electron chi connectivity index (χ4n) is 2.51. The second kappa shape index (κ2) is 9.27. The average molecular weight is 429 g/mol. The lowest BCUT2D eigenvalue weighted by Gasteiger charge is -2.06. The molecule has 0 aliphatic rings. The highest BCUT2D eigenvalue weighted by Crippen LogP contribution is 2.20. The molecule has 1 heterocycles. The van der Waals surface area contributed by atoms with E-state index in [9.17, 15) is 24.1 Å². The van der Waals surface area contributed by atoms with E-state index >= 15 is 0 Å². The van der Waals surface area contributed by atoms with E-state index in [4.69, 9.17) is 0 Å². The molecule has 0 unspecified atom stereocenters. The van der Waals surface area contributed by atoms with Crippen LogP contribution in [-0.4, -0.2) is 37.1 Å². The number of carbonyl (C=O) groups excluding carboxylic acids is 2. The molecule has 1 amide bonds. The molecular formula is C19H16FN5O4S. The van der Waals surface area contributed by atoms with Crippen LogP contribution in [0.25, 0.3) is 0 Å². The maximum atomic E-state index is 12.9. The van der Waals surface area contributed by atoms with Gasteiger partial charge in [0.15, 0.2) is 10.9 Å². The second-order valence-electron chi connectivity index (χ2n) is 6.21. The molecule has 0 radical (unpaired) electrons. The molecule has 3 aromatic rings. The first kappa shape index (κ1) is 21.1. The highest BCUT2D eigenvalue weighted by Gasteiger charge is 2.16. The minimum atomic E-state index is -0.560. The SMILES string of the molecule is Cn1c(CC(=O)Nc2ccc(F)cc2)nnc1SCC(=O)c1cccc([N+](=O)[O-])c1. The molecule has 2 aromatic carbocycles. The zero-order chi connectivity index (χ0) is 21.7. The number of hydrogen-bond donors (Lipinski definition) is 1. The van der Waals surface area contributed by atoms with Crippen molar-refractivity contribution in [1.82, 2.24) is 14.8 Å². The Hall–Kier alpha value is -3.60. The van der Waals surface area contributed by atoms with Gasteiger partial charge in [0.1, 0.15) is 11.6 Å². The lowest BCUT2D eigenvalue weighted by Crippen LogP contribution is -2.17. The molecule has 9 nitrogen and oxygen atoms in total. The molecule has 154 valence electrons. The fraction of sp³-hybridized carbons (Fsp3) is 0.158. The molecule has 0 saturated carbocycles. The predicted octanol–water partition coefficient (Wildman–Crippen LogP) is 3.02. The Morgan fingerprint density at radius 3 is 2.63 bits per heavy atom. The zero-order valence-corrected chi connectivity index (χ0v) is 16.6. The molecule has 0 atom stereocenters. The number of anilines is 1. The normalized spacial score (nSPS) is 10.6. The quantitative estimate of drug-likeness (QED) is 0.253. The molecular weight excluding hydrogens is 413 g/mol. The van der Waals surface area contributed by atoms with E-state index < -0.39 is 10.7 Å². The van der Waals surface area contributed by atoms with E-state index in [1.54, 1.807) is 11.6 Å². The van der Waals surface area contributed by atoms with Crippen LogP contribution in [0.2, 0.25) is 0 Å². The summed E-state index contributed by atoms with van der Waals surface area (Å²) in [5.74, 6) is -0.638. The van der Waals surface area contributed by atoms with Gasteiger partial charge >= 0.3 is 0 Å². The van der Waals surface area contributed by atoms with Crippen LogP contribution >= 0.6 is 11.8 Å². The molecule has 0 aliphatic carbocycles. The molecule has 0 saturated heterocycles. The van der Waals surface area contributed by atoms with Gasteiger partial charge in [0, 0.05) is 30.4 Å². The summed E-state index contributed by atoms with van der Waals surface area (Å²) in [5, 5.41) is 21.9. The first-order valence-corrected chi connectivity index (χ1v) is 9.66. The Labute approximate surface area is 174 Å². The van der Waals surface area contributed by atoms with E-state index in [1.165, 1.54) is 48.5 Å². The third-order valence-electron chi connectivity index (χ3n) is 4.08. The number of ketones is 1. The van der Waals surface area contributed by atoms with Crippen molar-refractivity contribution in [3.05, 3.63) is 75.9 Å². The Morgan fingerprint density at radius 2 is 1.93 bits per heavy atom. The van der Waals surface area contributed by atoms with Crippen LogP contribution in [0.15, 0.2) is 53.7 Å². The van der Waals surface area contributed by atoms with Gasteiger partial charge in [0.05, 0.1) is 17.1 Å². The number of carbonyl (C=O) groups is 2. The number of Topliss-reactive ketones (excluding diaryl/α,β-unsaturated/α-hetero) is 1. The van der Waals surface area contributed by atoms with Crippen LogP contribution in [0.1, 0.15) is 16.2 Å². The monoisotopic (exact) mass is 429 g/mol. The van der Waals surface area contributed by atoms with Crippen molar-refractivity contribution >= 4 is 34.8 Å². The van der Waals surface area contributed by atoms with Gasteiger partial charge in [-0.05, 0) is 24.3 Å². The standard InChI is InChI=1S/C19H16FN5O4S/c1-24-17(10-18(27)21-14-7-5-13(20)6-8-14)22-23-19(24)30-11-16(26)12-3-2-4-15(9-12)25(28)29/h2-9H,10-11H2,1H3,(H,21,27). The minimum Gasteiger partial charge on any atom is -0.326 e. The van der Waals surface area contributed by atoms with Crippen molar-refractivity contribution in [2.75, 3.05) is 11.1 Å². The van der Waals surface area contributed by atoms with Crippen molar-refractivity contribution in [2.24, 2.45) is 7.05 Å². The third kappa shape index (κ3) is 5.26. The summed E-state index contributed by atoms with van der Waals surface area (Å²) in [4.78, 5) is 34.8. The van der Waals surface area contributed by atoms with Crippen molar-refractivity contribution in [3.63, 3.8) is 0 Å². The number of nitro benzene ring substituents is 1. The van der Waals surface area contributed by atoms with E-state index in [1.807, 2.05) is 0 Å². The third-order valence-corrected chi connectivity index (χ3v) is 5.10. The maximum absolute atomic E-state index is 12.9. The molecule has 30 heavy (non-hydrogen) atoms. The van der Waals surface area contributed by atoms with E-state index in [2.05, 4.69) is 15.5 Å². The Morgan fingerprint density at radius 1 is 1.20 bits per heavy atom. The molecule has 11 heteroatoms. The highest BCUT2D eigenvalue weighted by atomic mass is 32.2. The number of thioether (sulfide) groups is 1. The number of rotatable bonds is 8. The first-order chi connectivity index (χ1) is 14.3. The van der Waals surface area contributed by atoms with Gasteiger partial charge < -0.3 is 9.88 Å². The maximum Gasteiger partial charge on any atom is 0.270 e. The zero-order valence-electron chi connectivity index (χ0n) is 15.7. The van der Waals surface area contributed by atoms with E-state index in [-0.39, 0.29) is 35.1 Å². The molecule has 3 rings (SSSR count). The summed E-state index contributed by atoms with van der Waals surface area (Å²) in [6.07, 6.45) is -0.0553. The van der Waals surface area contributed by atoms with Crippen LogP contribution in [-0.2, 0) is 18.3 Å². The highest BCUT2D eigenvalue weighted by molar-refractivity contribution is 7.99. The van der Waals surface area contributed by atoms with Gasteiger partial charge in [0.2, 0.25) is 5.91 Å². The Balaban J connectivity index is 1.59. The van der Waals surface area contributed by atoms with E-state index in [0.29, 0.717) is 16.7 Å². The number of amides is 1. The van der Waals surface area contributed by atoms with Crippen LogP contribution in [0.4, 0.5) is 15.8 Å². The molecule has 0 fully saturated rings. The van der Waals surface area contributed by atoms with Crippen molar-refractivity contribution in [3.8, 4) is 0 Å². The fourth-order valence-corrected chi connectivity index (χ4v) is 3.34. The minimum absolute atomic E-state index is 0.00885. The van der Waals surface area contributed by atoms with E-state index in [0.717, 1.165) is 11.8 Å². The molecule has 1 aromatic heterocycles. The lowest BCUT2D eigenvalue weighted by atomic mass is 10.1. The van der Waals surface area contributed by atoms with Crippen LogP contribution in [0.3, 0.4) is 0 Å². The summed E-state index contributed by atoms with van der Waals surface area (Å²) in [5.41, 5.74) is 0.539.